The molecule has 1 N–H and O–H groups in total. The van der Waals surface area contributed by atoms with Crippen LogP contribution in [0.2, 0.25) is 0 Å². The van der Waals surface area contributed by atoms with Gasteiger partial charge in [0.25, 0.3) is 0 Å². The van der Waals surface area contributed by atoms with Gasteiger partial charge in [0.2, 0.25) is 0 Å². The fraction of sp³-hybridized carbons (Fsp3) is 0.632. The minimum atomic E-state index is -1.35. The average molecular weight is 429 g/mol. The van der Waals surface area contributed by atoms with Gasteiger partial charge in [0, 0.05) is 10.0 Å². The van der Waals surface area contributed by atoms with Crippen molar-refractivity contribution in [2.24, 2.45) is 5.41 Å². The van der Waals surface area contributed by atoms with Crippen molar-refractivity contribution in [3.8, 4) is 6.07 Å². The van der Waals surface area contributed by atoms with Gasteiger partial charge in [-0.15, -0.1) is 0 Å². The summed E-state index contributed by atoms with van der Waals surface area (Å²) in [6.45, 7) is 7.54. The summed E-state index contributed by atoms with van der Waals surface area (Å²) in [4.78, 5) is 0. The second kappa shape index (κ2) is 7.46. The highest BCUT2D eigenvalue weighted by molar-refractivity contribution is 9.10. The Kier molecular flexibility index (Phi) is 6.13. The van der Waals surface area contributed by atoms with Crippen molar-refractivity contribution in [1.82, 2.24) is 4.72 Å². The van der Waals surface area contributed by atoms with Crippen LogP contribution in [0.3, 0.4) is 0 Å². The lowest BCUT2D eigenvalue weighted by Gasteiger charge is -2.40. The fourth-order valence-corrected chi connectivity index (χ4v) is 4.32. The summed E-state index contributed by atoms with van der Waals surface area (Å²) in [5.41, 5.74) is -0.646. The van der Waals surface area contributed by atoms with Gasteiger partial charge < -0.3 is 0 Å². The lowest BCUT2D eigenvalue weighted by Crippen LogP contribution is -2.47. The van der Waals surface area contributed by atoms with Crippen molar-refractivity contribution < 1.29 is 8.60 Å². The van der Waals surface area contributed by atoms with Crippen molar-refractivity contribution in [3.63, 3.8) is 0 Å². The molecule has 138 valence electrons. The maximum atomic E-state index is 14.6. The van der Waals surface area contributed by atoms with Gasteiger partial charge in [0.05, 0.1) is 32.8 Å². The highest BCUT2D eigenvalue weighted by Gasteiger charge is 2.41. The van der Waals surface area contributed by atoms with E-state index in [0.717, 1.165) is 23.7 Å². The van der Waals surface area contributed by atoms with E-state index in [2.05, 4.69) is 26.7 Å². The first-order valence-corrected chi connectivity index (χ1v) is 10.5. The summed E-state index contributed by atoms with van der Waals surface area (Å²) in [5.74, 6) is -0.330. The summed E-state index contributed by atoms with van der Waals surface area (Å²) < 4.78 is 30.8. The molecule has 25 heavy (non-hydrogen) atoms. The second-order valence-electron chi connectivity index (χ2n) is 8.19. The van der Waals surface area contributed by atoms with Crippen molar-refractivity contribution in [3.05, 3.63) is 34.1 Å². The van der Waals surface area contributed by atoms with Crippen LogP contribution in [0.4, 0.5) is 4.39 Å². The molecule has 1 aromatic carbocycles. The maximum absolute atomic E-state index is 14.6. The normalized spacial score (nSPS) is 20.2. The molecule has 0 bridgehead atoms. The van der Waals surface area contributed by atoms with Crippen molar-refractivity contribution in [1.29, 1.82) is 5.26 Å². The summed E-state index contributed by atoms with van der Waals surface area (Å²) >= 11 is 3.40. The zero-order valence-electron chi connectivity index (χ0n) is 15.3. The Labute approximate surface area is 161 Å². The molecule has 1 saturated carbocycles. The van der Waals surface area contributed by atoms with Crippen LogP contribution in [-0.4, -0.2) is 8.96 Å². The third-order valence-corrected chi connectivity index (χ3v) is 7.29. The molecule has 1 aromatic rings. The van der Waals surface area contributed by atoms with Gasteiger partial charge in [-0.2, -0.15) is 5.26 Å². The summed E-state index contributed by atoms with van der Waals surface area (Å²) in [5, 5.41) is 9.50. The molecule has 1 aliphatic carbocycles. The van der Waals surface area contributed by atoms with Crippen LogP contribution in [0.25, 0.3) is 0 Å². The van der Waals surface area contributed by atoms with Crippen molar-refractivity contribution in [2.45, 2.75) is 70.1 Å². The van der Waals surface area contributed by atoms with E-state index < -0.39 is 21.3 Å². The van der Waals surface area contributed by atoms with Crippen LogP contribution >= 0.6 is 15.9 Å². The lowest BCUT2D eigenvalue weighted by molar-refractivity contribution is 0.172. The molecule has 0 saturated heterocycles. The summed E-state index contributed by atoms with van der Waals surface area (Å²) in [6.07, 6.45) is 4.07. The molecule has 0 aliphatic heterocycles. The van der Waals surface area contributed by atoms with Crippen LogP contribution in [-0.2, 0) is 16.5 Å². The van der Waals surface area contributed by atoms with Gasteiger partial charge in [-0.25, -0.2) is 13.3 Å². The molecule has 2 rings (SSSR count). The SMILES string of the molecule is CC(C)(C)[S@@](=O)N[C@@](C)(CCC1(C#N)CCC1)c1cc(Br)ccc1F. The minimum absolute atomic E-state index is 0.311. The molecule has 6 heteroatoms. The molecule has 0 unspecified atom stereocenters. The second-order valence-corrected chi connectivity index (χ2v) is 11.1. The van der Waals surface area contributed by atoms with E-state index in [1.54, 1.807) is 12.1 Å². The minimum Gasteiger partial charge on any atom is -0.242 e. The molecule has 0 heterocycles. The Balaban J connectivity index is 2.35. The standard InChI is InChI=1S/C19H26BrFN2OS/c1-17(2,3)25(24)23-18(4,10-11-19(13-22)8-5-9-19)15-12-14(20)6-7-16(15)21/h6-7,12,23H,5,8-11H2,1-4H3/t18-,25+/m0/s1. The monoisotopic (exact) mass is 428 g/mol. The van der Waals surface area contributed by atoms with Crippen LogP contribution in [0.5, 0.6) is 0 Å². The Bertz CT molecular complexity index is 706. The molecule has 1 fully saturated rings. The van der Waals surface area contributed by atoms with E-state index in [1.165, 1.54) is 6.07 Å². The zero-order valence-corrected chi connectivity index (χ0v) is 17.7. The van der Waals surface area contributed by atoms with E-state index >= 15 is 0 Å². The first-order valence-electron chi connectivity index (χ1n) is 8.58. The summed E-state index contributed by atoms with van der Waals surface area (Å²) in [6, 6.07) is 7.25. The van der Waals surface area contributed by atoms with E-state index in [4.69, 9.17) is 0 Å². The highest BCUT2D eigenvalue weighted by Crippen LogP contribution is 2.46. The van der Waals surface area contributed by atoms with Crippen LogP contribution in [0.1, 0.15) is 65.4 Å². The molecule has 1 aliphatic rings. The molecular weight excluding hydrogens is 403 g/mol. The molecule has 0 spiro atoms. The topological polar surface area (TPSA) is 52.9 Å². The molecule has 0 aromatic heterocycles. The van der Waals surface area contributed by atoms with Crippen molar-refractivity contribution in [2.75, 3.05) is 0 Å². The molecule has 2 atom stereocenters. The van der Waals surface area contributed by atoms with Gasteiger partial charge in [0.1, 0.15) is 5.82 Å². The van der Waals surface area contributed by atoms with Gasteiger partial charge in [-0.1, -0.05) is 22.4 Å². The van der Waals surface area contributed by atoms with E-state index in [1.807, 2.05) is 27.7 Å². The predicted octanol–water partition coefficient (Wildman–Crippen LogP) is 5.33. The van der Waals surface area contributed by atoms with Gasteiger partial charge in [-0.3, -0.25) is 0 Å². The Morgan fingerprint density at radius 3 is 2.48 bits per heavy atom. The number of hydrogen-bond acceptors (Lipinski definition) is 2. The smallest absolute Gasteiger partial charge is 0.128 e. The quantitative estimate of drug-likeness (QED) is 0.665. The van der Waals surface area contributed by atoms with Crippen LogP contribution in [0, 0.1) is 22.6 Å². The molecule has 3 nitrogen and oxygen atoms in total. The van der Waals surface area contributed by atoms with Crippen molar-refractivity contribution >= 4 is 26.9 Å². The maximum Gasteiger partial charge on any atom is 0.128 e. The van der Waals surface area contributed by atoms with Gasteiger partial charge >= 0.3 is 0 Å². The third-order valence-electron chi connectivity index (χ3n) is 5.05. The molecular formula is C19H26BrFN2OS. The Morgan fingerprint density at radius 1 is 1.36 bits per heavy atom. The zero-order chi connectivity index (χ0) is 18.9. The van der Waals surface area contributed by atoms with E-state index in [-0.39, 0.29) is 11.2 Å². The van der Waals surface area contributed by atoms with Gasteiger partial charge in [-0.05, 0) is 71.6 Å². The number of nitriles is 1. The highest BCUT2D eigenvalue weighted by atomic mass is 79.9. The third kappa shape index (κ3) is 4.69. The Morgan fingerprint density at radius 2 is 2.00 bits per heavy atom. The largest absolute Gasteiger partial charge is 0.242 e. The number of nitrogens with one attached hydrogen (secondary N) is 1. The van der Waals surface area contributed by atoms with Crippen LogP contribution < -0.4 is 4.72 Å². The van der Waals surface area contributed by atoms with E-state index in [0.29, 0.717) is 18.4 Å². The first kappa shape index (κ1) is 20.5. The van der Waals surface area contributed by atoms with Gasteiger partial charge in [0.15, 0.2) is 0 Å². The van der Waals surface area contributed by atoms with E-state index in [9.17, 15) is 13.9 Å². The number of benzene rings is 1. The van der Waals surface area contributed by atoms with Crippen LogP contribution in [0.15, 0.2) is 22.7 Å². The fourth-order valence-electron chi connectivity index (χ4n) is 3.03. The Hall–Kier alpha value is -0.770. The number of halogens is 2. The summed E-state index contributed by atoms with van der Waals surface area (Å²) in [7, 11) is -1.35. The number of rotatable bonds is 6. The molecule has 0 radical (unpaired) electrons. The lowest BCUT2D eigenvalue weighted by atomic mass is 9.65. The number of nitrogens with zero attached hydrogens (tertiary/aromatic N) is 1. The first-order chi connectivity index (χ1) is 11.5. The molecule has 0 amide bonds. The number of hydrogen-bond donors (Lipinski definition) is 1. The predicted molar refractivity (Wildman–Crippen MR) is 104 cm³/mol. The average Bonchev–Trinajstić information content (AvgIpc) is 2.48.